The van der Waals surface area contributed by atoms with Crippen LogP contribution in [-0.2, 0) is 0 Å². The molecule has 1 aromatic rings. The van der Waals surface area contributed by atoms with Crippen molar-refractivity contribution >= 4 is 0 Å². The molecule has 0 aliphatic rings. The average molecular weight is 238 g/mol. The highest BCUT2D eigenvalue weighted by atomic mass is 19.1. The molecule has 0 amide bonds. The van der Waals surface area contributed by atoms with Crippen LogP contribution in [-0.4, -0.2) is 0 Å². The van der Waals surface area contributed by atoms with Crippen LogP contribution in [0, 0.1) is 25.6 Å². The first-order valence-corrected chi connectivity index (χ1v) is 6.18. The molecule has 3 N–H and O–H groups in total. The highest BCUT2D eigenvalue weighted by molar-refractivity contribution is 5.34. The smallest absolute Gasteiger partial charge is 0.128 e. The highest BCUT2D eigenvalue weighted by Crippen LogP contribution is 2.26. The van der Waals surface area contributed by atoms with Gasteiger partial charge in [0.15, 0.2) is 0 Å². The summed E-state index contributed by atoms with van der Waals surface area (Å²) in [7, 11) is 0. The zero-order valence-electron chi connectivity index (χ0n) is 11.2. The van der Waals surface area contributed by atoms with Crippen LogP contribution >= 0.6 is 0 Å². The Morgan fingerprint density at radius 3 is 2.35 bits per heavy atom. The maximum absolute atomic E-state index is 14.0. The van der Waals surface area contributed by atoms with E-state index in [9.17, 15) is 4.39 Å². The molecule has 1 atom stereocenters. The summed E-state index contributed by atoms with van der Waals surface area (Å²) in [6.45, 7) is 8.15. The highest BCUT2D eigenvalue weighted by Gasteiger charge is 2.17. The Hall–Kier alpha value is -0.930. The Kier molecular flexibility index (Phi) is 5.09. The van der Waals surface area contributed by atoms with E-state index in [1.165, 1.54) is 0 Å². The van der Waals surface area contributed by atoms with Gasteiger partial charge < -0.3 is 0 Å². The summed E-state index contributed by atoms with van der Waals surface area (Å²) in [6, 6.07) is 3.47. The normalized spacial score (nSPS) is 13.1. The van der Waals surface area contributed by atoms with Gasteiger partial charge in [-0.05, 0) is 49.8 Å². The van der Waals surface area contributed by atoms with Crippen LogP contribution in [0.3, 0.4) is 0 Å². The standard InChI is InChI=1S/C14H23FN2/c1-9(2)5-6-13(17-16)14-11(4)7-10(3)8-12(14)15/h7-9,13,17H,5-6,16H2,1-4H3. The predicted molar refractivity (Wildman–Crippen MR) is 70.0 cm³/mol. The van der Waals surface area contributed by atoms with E-state index in [1.807, 2.05) is 19.9 Å². The van der Waals surface area contributed by atoms with E-state index in [0.29, 0.717) is 11.5 Å². The van der Waals surface area contributed by atoms with Crippen LogP contribution in [0.5, 0.6) is 0 Å². The largest absolute Gasteiger partial charge is 0.271 e. The van der Waals surface area contributed by atoms with Gasteiger partial charge in [0.1, 0.15) is 5.82 Å². The maximum Gasteiger partial charge on any atom is 0.128 e. The van der Waals surface area contributed by atoms with Crippen molar-refractivity contribution in [2.75, 3.05) is 0 Å². The van der Waals surface area contributed by atoms with Crippen molar-refractivity contribution in [2.45, 2.75) is 46.6 Å². The van der Waals surface area contributed by atoms with Crippen molar-refractivity contribution in [3.05, 3.63) is 34.6 Å². The zero-order chi connectivity index (χ0) is 13.0. The molecule has 0 saturated carbocycles. The van der Waals surface area contributed by atoms with Gasteiger partial charge in [0.05, 0.1) is 0 Å². The summed E-state index contributed by atoms with van der Waals surface area (Å²) in [5, 5.41) is 0. The topological polar surface area (TPSA) is 38.0 Å². The number of rotatable bonds is 5. The third-order valence-corrected chi connectivity index (χ3v) is 3.06. The number of aryl methyl sites for hydroxylation is 2. The minimum Gasteiger partial charge on any atom is -0.271 e. The molecule has 1 rings (SSSR count). The van der Waals surface area contributed by atoms with Gasteiger partial charge >= 0.3 is 0 Å². The minimum atomic E-state index is -0.158. The molecule has 2 nitrogen and oxygen atoms in total. The summed E-state index contributed by atoms with van der Waals surface area (Å²) in [5.74, 6) is 5.99. The van der Waals surface area contributed by atoms with Gasteiger partial charge in [0.25, 0.3) is 0 Å². The van der Waals surface area contributed by atoms with Crippen molar-refractivity contribution in [1.82, 2.24) is 5.43 Å². The predicted octanol–water partition coefficient (Wildman–Crippen LogP) is 3.38. The second-order valence-corrected chi connectivity index (χ2v) is 5.17. The van der Waals surface area contributed by atoms with E-state index >= 15 is 0 Å². The van der Waals surface area contributed by atoms with E-state index in [0.717, 1.165) is 24.0 Å². The summed E-state index contributed by atoms with van der Waals surface area (Å²) >= 11 is 0. The monoisotopic (exact) mass is 238 g/mol. The number of halogens is 1. The van der Waals surface area contributed by atoms with E-state index in [-0.39, 0.29) is 11.9 Å². The SMILES string of the molecule is Cc1cc(C)c(C(CCC(C)C)NN)c(F)c1. The molecule has 0 saturated heterocycles. The fourth-order valence-electron chi connectivity index (χ4n) is 2.18. The molecule has 1 unspecified atom stereocenters. The second kappa shape index (κ2) is 6.12. The van der Waals surface area contributed by atoms with Crippen molar-refractivity contribution in [3.8, 4) is 0 Å². The van der Waals surface area contributed by atoms with E-state index < -0.39 is 0 Å². The number of hydrazine groups is 1. The number of nitrogens with one attached hydrogen (secondary N) is 1. The Morgan fingerprint density at radius 1 is 1.24 bits per heavy atom. The van der Waals surface area contributed by atoms with Crippen molar-refractivity contribution in [3.63, 3.8) is 0 Å². The second-order valence-electron chi connectivity index (χ2n) is 5.17. The molecule has 0 aliphatic heterocycles. The van der Waals surface area contributed by atoms with Gasteiger partial charge in [-0.2, -0.15) is 0 Å². The van der Waals surface area contributed by atoms with Crippen molar-refractivity contribution in [2.24, 2.45) is 11.8 Å². The Morgan fingerprint density at radius 2 is 1.88 bits per heavy atom. The van der Waals surface area contributed by atoms with Crippen LogP contribution < -0.4 is 11.3 Å². The number of hydrogen-bond donors (Lipinski definition) is 2. The van der Waals surface area contributed by atoms with Crippen molar-refractivity contribution in [1.29, 1.82) is 0 Å². The van der Waals surface area contributed by atoms with Crippen LogP contribution in [0.25, 0.3) is 0 Å². The van der Waals surface area contributed by atoms with Crippen LogP contribution in [0.1, 0.15) is 49.4 Å². The maximum atomic E-state index is 14.0. The Labute approximate surface area is 103 Å². The van der Waals surface area contributed by atoms with Gasteiger partial charge in [0.2, 0.25) is 0 Å². The summed E-state index contributed by atoms with van der Waals surface area (Å²) in [5.41, 5.74) is 5.36. The molecule has 0 fully saturated rings. The third-order valence-electron chi connectivity index (χ3n) is 3.06. The molecule has 0 bridgehead atoms. The van der Waals surface area contributed by atoms with Crippen LogP contribution in [0.15, 0.2) is 12.1 Å². The molecule has 17 heavy (non-hydrogen) atoms. The molecule has 96 valence electrons. The lowest BCUT2D eigenvalue weighted by Crippen LogP contribution is -2.29. The summed E-state index contributed by atoms with van der Waals surface area (Å²) in [4.78, 5) is 0. The van der Waals surface area contributed by atoms with Gasteiger partial charge in [-0.1, -0.05) is 19.9 Å². The van der Waals surface area contributed by atoms with Gasteiger partial charge in [-0.15, -0.1) is 0 Å². The molecule has 1 aromatic carbocycles. The first kappa shape index (κ1) is 14.1. The molecule has 0 radical (unpaired) electrons. The van der Waals surface area contributed by atoms with E-state index in [2.05, 4.69) is 19.3 Å². The molecule has 3 heteroatoms. The first-order chi connectivity index (χ1) is 7.95. The van der Waals surface area contributed by atoms with Gasteiger partial charge in [-0.25, -0.2) is 4.39 Å². The average Bonchev–Trinajstić information content (AvgIpc) is 2.21. The number of hydrogen-bond acceptors (Lipinski definition) is 2. The molecule has 0 heterocycles. The van der Waals surface area contributed by atoms with Crippen LogP contribution in [0.2, 0.25) is 0 Å². The number of nitrogens with two attached hydrogens (primary N) is 1. The quantitative estimate of drug-likeness (QED) is 0.609. The molecule has 0 aliphatic carbocycles. The summed E-state index contributed by atoms with van der Waals surface area (Å²) in [6.07, 6.45) is 1.89. The lowest BCUT2D eigenvalue weighted by atomic mass is 9.93. The molecule has 0 spiro atoms. The first-order valence-electron chi connectivity index (χ1n) is 6.18. The van der Waals surface area contributed by atoms with E-state index in [1.54, 1.807) is 6.07 Å². The minimum absolute atomic E-state index is 0.0991. The van der Waals surface area contributed by atoms with Crippen molar-refractivity contribution < 1.29 is 4.39 Å². The fraction of sp³-hybridized carbons (Fsp3) is 0.571. The summed E-state index contributed by atoms with van der Waals surface area (Å²) < 4.78 is 14.0. The van der Waals surface area contributed by atoms with E-state index in [4.69, 9.17) is 5.84 Å². The lowest BCUT2D eigenvalue weighted by Gasteiger charge is -2.20. The van der Waals surface area contributed by atoms with Crippen LogP contribution in [0.4, 0.5) is 4.39 Å². The number of benzene rings is 1. The third kappa shape index (κ3) is 3.79. The molecule has 0 aromatic heterocycles. The fourth-order valence-corrected chi connectivity index (χ4v) is 2.18. The molecular formula is C14H23FN2. The zero-order valence-corrected chi connectivity index (χ0v) is 11.2. The molecular weight excluding hydrogens is 215 g/mol. The lowest BCUT2D eigenvalue weighted by molar-refractivity contribution is 0.432. The Balaban J connectivity index is 2.95. The van der Waals surface area contributed by atoms with Gasteiger partial charge in [0, 0.05) is 11.6 Å². The van der Waals surface area contributed by atoms with Gasteiger partial charge in [-0.3, -0.25) is 11.3 Å². The Bertz CT molecular complexity index is 351.